The Kier molecular flexibility index (Phi) is 2.68. The van der Waals surface area contributed by atoms with Crippen LogP contribution >= 0.6 is 0 Å². The molecule has 2 N–H and O–H groups in total. The summed E-state index contributed by atoms with van der Waals surface area (Å²) in [5.41, 5.74) is -0.327. The van der Waals surface area contributed by atoms with Crippen molar-refractivity contribution in [2.45, 2.75) is 12.8 Å². The molecule has 1 aromatic heterocycles. The van der Waals surface area contributed by atoms with E-state index in [1.165, 1.54) is 0 Å². The predicted octanol–water partition coefficient (Wildman–Crippen LogP) is 1.44. The highest BCUT2D eigenvalue weighted by Crippen LogP contribution is 2.13. The predicted molar refractivity (Wildman–Crippen MR) is 42.6 cm³/mol. The minimum atomic E-state index is -2.90. The number of oxazole rings is 1. The monoisotopic (exact) mass is 206 g/mol. The molecule has 0 aliphatic rings. The molecule has 14 heavy (non-hydrogen) atoms. The third-order valence-electron chi connectivity index (χ3n) is 1.27. The highest BCUT2D eigenvalue weighted by atomic mass is 19.3. The van der Waals surface area contributed by atoms with E-state index in [-0.39, 0.29) is 11.7 Å². The topological polar surface area (TPSA) is 75.4 Å². The summed E-state index contributed by atoms with van der Waals surface area (Å²) in [6.07, 6.45) is 0.873. The normalized spacial score (nSPS) is 11.4. The summed E-state index contributed by atoms with van der Waals surface area (Å²) in [6.45, 7) is 0.0631. The number of carbonyl (C=O) groups is 1. The second kappa shape index (κ2) is 3.60. The molecular formula is C7H8F2N2O3. The van der Waals surface area contributed by atoms with Gasteiger partial charge in [0.15, 0.2) is 5.69 Å². The van der Waals surface area contributed by atoms with Crippen LogP contribution < -0.4 is 5.32 Å². The first-order chi connectivity index (χ1) is 6.38. The summed E-state index contributed by atoms with van der Waals surface area (Å²) in [4.78, 5) is 13.7. The molecule has 0 aromatic carbocycles. The van der Waals surface area contributed by atoms with E-state index in [1.54, 1.807) is 0 Å². The van der Waals surface area contributed by atoms with Crippen LogP contribution in [0.25, 0.3) is 0 Å². The Bertz CT molecular complexity index is 332. The fourth-order valence-corrected chi connectivity index (χ4v) is 0.684. The van der Waals surface area contributed by atoms with Crippen molar-refractivity contribution in [1.82, 2.24) is 4.98 Å². The summed E-state index contributed by atoms with van der Waals surface area (Å²) in [5, 5.41) is 10.6. The van der Waals surface area contributed by atoms with Gasteiger partial charge in [-0.2, -0.15) is 4.98 Å². The molecule has 0 unspecified atom stereocenters. The Hall–Kier alpha value is -1.66. The number of aromatic nitrogens is 1. The SMILES string of the molecule is CC(F)(F)CNc1nc(C(=O)O)co1. The lowest BCUT2D eigenvalue weighted by atomic mass is 10.4. The van der Waals surface area contributed by atoms with Gasteiger partial charge in [0.25, 0.3) is 11.9 Å². The van der Waals surface area contributed by atoms with Crippen LogP contribution in [-0.4, -0.2) is 28.5 Å². The molecule has 1 aromatic rings. The van der Waals surface area contributed by atoms with Crippen LogP contribution in [-0.2, 0) is 0 Å². The fraction of sp³-hybridized carbons (Fsp3) is 0.429. The van der Waals surface area contributed by atoms with Gasteiger partial charge in [-0.1, -0.05) is 0 Å². The van der Waals surface area contributed by atoms with Gasteiger partial charge in [0.2, 0.25) is 0 Å². The number of nitrogens with zero attached hydrogens (tertiary/aromatic N) is 1. The van der Waals surface area contributed by atoms with Crippen molar-refractivity contribution in [2.24, 2.45) is 0 Å². The average Bonchev–Trinajstić information content (AvgIpc) is 2.47. The van der Waals surface area contributed by atoms with Crippen LogP contribution in [0.15, 0.2) is 10.7 Å². The van der Waals surface area contributed by atoms with Crippen molar-refractivity contribution in [3.63, 3.8) is 0 Å². The first kappa shape index (κ1) is 10.4. The number of nitrogens with one attached hydrogen (secondary N) is 1. The maximum atomic E-state index is 12.3. The van der Waals surface area contributed by atoms with Crippen molar-refractivity contribution >= 4 is 12.0 Å². The van der Waals surface area contributed by atoms with Crippen LogP contribution in [0.5, 0.6) is 0 Å². The van der Waals surface area contributed by atoms with E-state index in [9.17, 15) is 13.6 Å². The number of alkyl halides is 2. The highest BCUT2D eigenvalue weighted by molar-refractivity contribution is 5.85. The summed E-state index contributed by atoms with van der Waals surface area (Å²) < 4.78 is 29.2. The van der Waals surface area contributed by atoms with Crippen LogP contribution in [0, 0.1) is 0 Å². The molecule has 1 rings (SSSR count). The molecule has 78 valence electrons. The van der Waals surface area contributed by atoms with E-state index in [0.717, 1.165) is 13.2 Å². The number of hydrogen-bond donors (Lipinski definition) is 2. The second-order valence-corrected chi connectivity index (χ2v) is 2.77. The molecule has 1 heterocycles. The number of halogens is 2. The quantitative estimate of drug-likeness (QED) is 0.779. The molecule has 0 radical (unpaired) electrons. The number of hydrogen-bond acceptors (Lipinski definition) is 4. The summed E-state index contributed by atoms with van der Waals surface area (Å²) in [7, 11) is 0. The number of carboxylic acid groups (broad SMARTS) is 1. The molecule has 0 atom stereocenters. The van der Waals surface area contributed by atoms with E-state index >= 15 is 0 Å². The van der Waals surface area contributed by atoms with E-state index in [2.05, 4.69) is 14.7 Å². The lowest BCUT2D eigenvalue weighted by molar-refractivity contribution is 0.0362. The fourth-order valence-electron chi connectivity index (χ4n) is 0.684. The van der Waals surface area contributed by atoms with Crippen LogP contribution in [0.1, 0.15) is 17.4 Å². The van der Waals surface area contributed by atoms with Crippen LogP contribution in [0.2, 0.25) is 0 Å². The molecule has 0 aliphatic carbocycles. The van der Waals surface area contributed by atoms with Crippen LogP contribution in [0.3, 0.4) is 0 Å². The average molecular weight is 206 g/mol. The Morgan fingerprint density at radius 2 is 2.43 bits per heavy atom. The maximum Gasteiger partial charge on any atom is 0.357 e. The smallest absolute Gasteiger partial charge is 0.357 e. The van der Waals surface area contributed by atoms with E-state index < -0.39 is 18.4 Å². The molecule has 0 aliphatic heterocycles. The Morgan fingerprint density at radius 3 is 2.86 bits per heavy atom. The van der Waals surface area contributed by atoms with Gasteiger partial charge in [0.1, 0.15) is 6.26 Å². The lowest BCUT2D eigenvalue weighted by Crippen LogP contribution is -2.22. The van der Waals surface area contributed by atoms with Crippen molar-refractivity contribution < 1.29 is 23.1 Å². The lowest BCUT2D eigenvalue weighted by Gasteiger charge is -2.08. The Labute approximate surface area is 77.7 Å². The van der Waals surface area contributed by atoms with E-state index in [4.69, 9.17) is 5.11 Å². The van der Waals surface area contributed by atoms with Gasteiger partial charge in [-0.15, -0.1) is 0 Å². The Balaban J connectivity index is 2.56. The summed E-state index contributed by atoms with van der Waals surface area (Å²) in [5.74, 6) is -4.18. The van der Waals surface area contributed by atoms with Gasteiger partial charge in [-0.3, -0.25) is 0 Å². The summed E-state index contributed by atoms with van der Waals surface area (Å²) in [6, 6.07) is -0.232. The standard InChI is InChI=1S/C7H8F2N2O3/c1-7(8,9)3-10-6-11-4(2-14-6)5(12)13/h2H,3H2,1H3,(H,10,11)(H,12,13). The summed E-state index contributed by atoms with van der Waals surface area (Å²) >= 11 is 0. The molecule has 0 saturated carbocycles. The number of aromatic carboxylic acids is 1. The molecule has 0 fully saturated rings. The van der Waals surface area contributed by atoms with Gasteiger partial charge in [-0.05, 0) is 0 Å². The molecule has 7 heteroatoms. The van der Waals surface area contributed by atoms with Gasteiger partial charge in [0.05, 0.1) is 6.54 Å². The molecule has 0 amide bonds. The number of carboxylic acids is 1. The van der Waals surface area contributed by atoms with Gasteiger partial charge in [-0.25, -0.2) is 13.6 Å². The maximum absolute atomic E-state index is 12.3. The van der Waals surface area contributed by atoms with E-state index in [0.29, 0.717) is 0 Å². The van der Waals surface area contributed by atoms with Gasteiger partial charge < -0.3 is 14.8 Å². The van der Waals surface area contributed by atoms with Gasteiger partial charge in [0, 0.05) is 6.92 Å². The van der Waals surface area contributed by atoms with Crippen molar-refractivity contribution in [1.29, 1.82) is 0 Å². The van der Waals surface area contributed by atoms with Crippen molar-refractivity contribution in [3.8, 4) is 0 Å². The minimum absolute atomic E-state index is 0.232. The van der Waals surface area contributed by atoms with E-state index in [1.807, 2.05) is 0 Å². The van der Waals surface area contributed by atoms with Crippen LogP contribution in [0.4, 0.5) is 14.8 Å². The van der Waals surface area contributed by atoms with Gasteiger partial charge >= 0.3 is 5.97 Å². The molecule has 5 nitrogen and oxygen atoms in total. The number of anilines is 1. The van der Waals surface area contributed by atoms with Crippen molar-refractivity contribution in [2.75, 3.05) is 11.9 Å². The van der Waals surface area contributed by atoms with Crippen molar-refractivity contribution in [3.05, 3.63) is 12.0 Å². The third-order valence-corrected chi connectivity index (χ3v) is 1.27. The minimum Gasteiger partial charge on any atom is -0.476 e. The number of rotatable bonds is 4. The second-order valence-electron chi connectivity index (χ2n) is 2.77. The molecule has 0 saturated heterocycles. The molecule has 0 spiro atoms. The largest absolute Gasteiger partial charge is 0.476 e. The third kappa shape index (κ3) is 3.00. The molecule has 0 bridgehead atoms. The zero-order valence-electron chi connectivity index (χ0n) is 7.25. The Morgan fingerprint density at radius 1 is 1.79 bits per heavy atom. The zero-order valence-corrected chi connectivity index (χ0v) is 7.25. The highest BCUT2D eigenvalue weighted by Gasteiger charge is 2.21. The first-order valence-corrected chi connectivity index (χ1v) is 3.69. The zero-order chi connectivity index (χ0) is 10.8. The molecular weight excluding hydrogens is 198 g/mol. The first-order valence-electron chi connectivity index (χ1n) is 3.69.